The largest absolute Gasteiger partial charge is 0.496 e. The predicted molar refractivity (Wildman–Crippen MR) is 185 cm³/mol. The number of aromatic nitrogens is 1. The second-order valence-electron chi connectivity index (χ2n) is 12.2. The molecular formula is C34H52N4O6S. The molecule has 0 unspecified atom stereocenters. The zero-order valence-electron chi connectivity index (χ0n) is 28.9. The molecule has 0 aliphatic carbocycles. The molecule has 3 aromatic rings. The van der Waals surface area contributed by atoms with E-state index in [1.165, 1.54) is 41.8 Å². The number of amides is 1. The van der Waals surface area contributed by atoms with Crippen molar-refractivity contribution in [3.63, 3.8) is 0 Å². The smallest absolute Gasteiger partial charge is 0.320 e. The van der Waals surface area contributed by atoms with Gasteiger partial charge in [0.25, 0.3) is 5.56 Å². The summed E-state index contributed by atoms with van der Waals surface area (Å²) in [6, 6.07) is 5.44. The van der Waals surface area contributed by atoms with E-state index in [9.17, 15) is 14.4 Å². The summed E-state index contributed by atoms with van der Waals surface area (Å²) in [6.45, 7) is 14.9. The van der Waals surface area contributed by atoms with Crippen molar-refractivity contribution in [3.8, 4) is 22.6 Å². The van der Waals surface area contributed by atoms with Crippen LogP contribution in [0.3, 0.4) is 0 Å². The summed E-state index contributed by atoms with van der Waals surface area (Å²) in [5.74, 6) is 1.83. The van der Waals surface area contributed by atoms with Crippen LogP contribution >= 0.6 is 11.3 Å². The Kier molecular flexibility index (Phi) is 14.5. The number of fused-ring (bicyclic) bond motifs is 1. The maximum atomic E-state index is 12.7. The molecular weight excluding hydrogens is 592 g/mol. The molecule has 10 nitrogen and oxygen atoms in total. The van der Waals surface area contributed by atoms with E-state index in [-0.39, 0.29) is 18.1 Å². The first kappa shape index (κ1) is 37.8. The molecule has 1 N–H and O–H groups in total. The molecule has 1 aliphatic heterocycles. The number of benzene rings is 1. The van der Waals surface area contributed by atoms with E-state index < -0.39 is 5.60 Å². The van der Waals surface area contributed by atoms with Crippen molar-refractivity contribution in [2.24, 2.45) is 13.0 Å². The molecule has 0 bridgehead atoms. The van der Waals surface area contributed by atoms with E-state index >= 15 is 0 Å². The molecule has 3 heterocycles. The first-order valence-corrected chi connectivity index (χ1v) is 16.3. The van der Waals surface area contributed by atoms with Crippen molar-refractivity contribution < 1.29 is 23.8 Å². The van der Waals surface area contributed by atoms with Gasteiger partial charge in [-0.15, -0.1) is 11.3 Å². The molecule has 1 amide bonds. The van der Waals surface area contributed by atoms with Gasteiger partial charge in [0.1, 0.15) is 17.1 Å². The van der Waals surface area contributed by atoms with Crippen LogP contribution < -0.4 is 20.3 Å². The average molecular weight is 645 g/mol. The van der Waals surface area contributed by atoms with E-state index in [4.69, 9.17) is 14.2 Å². The third kappa shape index (κ3) is 10.9. The van der Waals surface area contributed by atoms with Gasteiger partial charge in [0.15, 0.2) is 0 Å². The molecule has 0 spiro atoms. The minimum Gasteiger partial charge on any atom is -0.496 e. The number of thiophene rings is 1. The number of carbonyl (C=O) groups excluding carboxylic acids is 2. The number of rotatable bonds is 9. The predicted octanol–water partition coefficient (Wildman–Crippen LogP) is 6.00. The van der Waals surface area contributed by atoms with Crippen LogP contribution in [-0.4, -0.2) is 80.3 Å². The maximum absolute atomic E-state index is 12.7. The number of carbonyl (C=O) groups is 2. The number of hydrogen-bond acceptors (Lipinski definition) is 9. The highest BCUT2D eigenvalue weighted by Gasteiger charge is 2.22. The van der Waals surface area contributed by atoms with E-state index in [2.05, 4.69) is 24.2 Å². The number of hydrogen-bond donors (Lipinski definition) is 1. The van der Waals surface area contributed by atoms with E-state index in [1.54, 1.807) is 33.5 Å². The zero-order valence-corrected chi connectivity index (χ0v) is 29.7. The third-order valence-electron chi connectivity index (χ3n) is 7.22. The molecule has 1 aliphatic rings. The number of pyridine rings is 1. The summed E-state index contributed by atoms with van der Waals surface area (Å²) in [7, 11) is 8.85. The number of ether oxygens (including phenoxy) is 3. The molecule has 250 valence electrons. The molecule has 0 radical (unpaired) electrons. The van der Waals surface area contributed by atoms with Crippen LogP contribution in [0.5, 0.6) is 11.5 Å². The molecule has 0 atom stereocenters. The minimum atomic E-state index is -0.557. The van der Waals surface area contributed by atoms with Gasteiger partial charge in [-0.25, -0.2) is 0 Å². The van der Waals surface area contributed by atoms with Crippen molar-refractivity contribution in [1.82, 2.24) is 14.4 Å². The van der Waals surface area contributed by atoms with Gasteiger partial charge in [-0.05, 0) is 90.5 Å². The Bertz CT molecular complexity index is 1430. The molecule has 1 saturated heterocycles. The lowest BCUT2D eigenvalue weighted by Crippen LogP contribution is -2.32. The summed E-state index contributed by atoms with van der Waals surface area (Å²) in [6.07, 6.45) is 5.14. The number of likely N-dealkylation sites (tertiary alicyclic amines) is 1. The van der Waals surface area contributed by atoms with E-state index in [1.807, 2.05) is 58.7 Å². The van der Waals surface area contributed by atoms with Crippen LogP contribution in [0.1, 0.15) is 59.9 Å². The average Bonchev–Trinajstić information content (AvgIpc) is 3.41. The van der Waals surface area contributed by atoms with Crippen molar-refractivity contribution in [1.29, 1.82) is 0 Å². The molecule has 45 heavy (non-hydrogen) atoms. The van der Waals surface area contributed by atoms with Gasteiger partial charge >= 0.3 is 5.97 Å². The third-order valence-corrected chi connectivity index (χ3v) is 8.32. The number of likely N-dealkylation sites (N-methyl/N-ethyl adjacent to an activating group) is 1. The highest BCUT2D eigenvalue weighted by atomic mass is 32.1. The second kappa shape index (κ2) is 17.3. The summed E-state index contributed by atoms with van der Waals surface area (Å²) in [5, 5.41) is 3.72. The molecule has 4 rings (SSSR count). The van der Waals surface area contributed by atoms with Gasteiger partial charge in [-0.3, -0.25) is 19.3 Å². The summed E-state index contributed by atoms with van der Waals surface area (Å²) in [5.41, 5.74) is 1.66. The minimum absolute atomic E-state index is 0.106. The Hall–Kier alpha value is -3.41. The lowest BCUT2D eigenvalue weighted by molar-refractivity contribution is -0.155. The Morgan fingerprint density at radius 1 is 1.09 bits per heavy atom. The van der Waals surface area contributed by atoms with E-state index in [0.29, 0.717) is 34.8 Å². The Morgan fingerprint density at radius 3 is 2.16 bits per heavy atom. The van der Waals surface area contributed by atoms with Gasteiger partial charge < -0.3 is 29.0 Å². The summed E-state index contributed by atoms with van der Waals surface area (Å²) >= 11 is 1.32. The number of methoxy groups -OCH3 is 2. The SMILES string of the molecule is CC.CC1CCN(C)CC1.COc1cc(-c2cn(C)c(=O)c3cc(NC=O)sc23)cc(OC)c1CN(C)CC(=O)OC(C)(C)C. The zero-order chi connectivity index (χ0) is 33.9. The van der Waals surface area contributed by atoms with Crippen LogP contribution in [0, 0.1) is 5.92 Å². The molecule has 1 fully saturated rings. The number of nitrogens with one attached hydrogen (secondary N) is 1. The van der Waals surface area contributed by atoms with Crippen molar-refractivity contribution >= 4 is 38.8 Å². The second-order valence-corrected chi connectivity index (χ2v) is 13.2. The number of nitrogens with zero attached hydrogens (tertiary/aromatic N) is 3. The number of piperidine rings is 1. The van der Waals surface area contributed by atoms with E-state index in [0.717, 1.165) is 27.3 Å². The maximum Gasteiger partial charge on any atom is 0.320 e. The van der Waals surface area contributed by atoms with Crippen LogP contribution in [0.15, 0.2) is 29.2 Å². The van der Waals surface area contributed by atoms with Crippen LogP contribution in [0.2, 0.25) is 0 Å². The number of aryl methyl sites for hydroxylation is 1. The Balaban J connectivity index is 0.000000604. The fraction of sp³-hybridized carbons (Fsp3) is 0.559. The van der Waals surface area contributed by atoms with Gasteiger partial charge in [0.2, 0.25) is 6.41 Å². The Labute approximate surface area is 272 Å². The van der Waals surface area contributed by atoms with Gasteiger partial charge in [-0.1, -0.05) is 20.8 Å². The van der Waals surface area contributed by atoms with Crippen LogP contribution in [0.25, 0.3) is 21.2 Å². The molecule has 11 heteroatoms. The highest BCUT2D eigenvalue weighted by molar-refractivity contribution is 7.23. The van der Waals surface area contributed by atoms with Crippen LogP contribution in [0.4, 0.5) is 5.00 Å². The molecule has 2 aromatic heterocycles. The standard InChI is InChI=1S/C25H31N3O6S.C7H15N.C2H6/c1-25(2,3)34-22(30)13-27(4)11-18-19(32-6)8-15(9-20(18)33-7)17-12-28(5)24(31)16-10-21(26-14-29)35-23(16)17;1-7-3-5-8(2)6-4-7;1-2/h8-10,12,14H,11,13H2,1-7H3,(H,26,29);7H,3-6H2,1-2H3;1-2H3. The topological polar surface area (TPSA) is 102 Å². The molecule has 0 saturated carbocycles. The lowest BCUT2D eigenvalue weighted by Gasteiger charge is -2.26. The number of anilines is 1. The monoisotopic (exact) mass is 644 g/mol. The normalized spacial score (nSPS) is 13.8. The summed E-state index contributed by atoms with van der Waals surface area (Å²) in [4.78, 5) is 40.1. The first-order valence-electron chi connectivity index (χ1n) is 15.4. The van der Waals surface area contributed by atoms with Crippen molar-refractivity contribution in [2.45, 2.75) is 66.5 Å². The number of esters is 1. The quantitative estimate of drug-likeness (QED) is 0.224. The molecule has 1 aromatic carbocycles. The van der Waals surface area contributed by atoms with Crippen LogP contribution in [-0.2, 0) is 27.9 Å². The lowest BCUT2D eigenvalue weighted by atomic mass is 10.00. The fourth-order valence-electron chi connectivity index (χ4n) is 4.94. The highest BCUT2D eigenvalue weighted by Crippen LogP contribution is 2.40. The van der Waals surface area contributed by atoms with Crippen molar-refractivity contribution in [3.05, 3.63) is 40.3 Å². The van der Waals surface area contributed by atoms with Crippen molar-refractivity contribution in [2.75, 3.05) is 53.3 Å². The summed E-state index contributed by atoms with van der Waals surface area (Å²) < 4.78 is 19.1. The van der Waals surface area contributed by atoms with Gasteiger partial charge in [-0.2, -0.15) is 0 Å². The first-order chi connectivity index (χ1) is 21.3. The Morgan fingerprint density at radius 2 is 1.67 bits per heavy atom. The van der Waals surface area contributed by atoms with Gasteiger partial charge in [0.05, 0.1) is 41.4 Å². The van der Waals surface area contributed by atoms with Gasteiger partial charge in [0, 0.05) is 25.4 Å². The fourth-order valence-corrected chi connectivity index (χ4v) is 5.98.